The summed E-state index contributed by atoms with van der Waals surface area (Å²) >= 11 is 4.60. The summed E-state index contributed by atoms with van der Waals surface area (Å²) in [6, 6.07) is 0. The summed E-state index contributed by atoms with van der Waals surface area (Å²) in [6.07, 6.45) is -2.15. The molecule has 0 aliphatic heterocycles. The molecule has 0 aromatic heterocycles. The monoisotopic (exact) mass is 322 g/mol. The van der Waals surface area contributed by atoms with Crippen LogP contribution in [0.3, 0.4) is 0 Å². The number of carboxylic acid groups (broad SMARTS) is 2. The van der Waals surface area contributed by atoms with E-state index in [2.05, 4.69) is 16.2 Å². The molecule has 0 saturated heterocycles. The summed E-state index contributed by atoms with van der Waals surface area (Å²) in [7, 11) is 0. The average Bonchev–Trinajstić information content (AvgIpc) is 2.02. The first-order valence-corrected chi connectivity index (χ1v) is 3.61. The van der Waals surface area contributed by atoms with Crippen LogP contribution in [0.15, 0.2) is 0 Å². The summed E-state index contributed by atoms with van der Waals surface area (Å²) in [5.74, 6) is -4.61. The minimum atomic E-state index is -2.70. The molecule has 0 amide bonds. The number of hydrogen-bond donors (Lipinski definition) is 3. The van der Waals surface area contributed by atoms with E-state index in [9.17, 15) is 19.5 Å². The Balaban J connectivity index is -0.000000141. The molecule has 0 rings (SSSR count). The topological polar surface area (TPSA) is 121 Å². The van der Waals surface area contributed by atoms with Crippen molar-refractivity contribution < 1.29 is 34.0 Å². The van der Waals surface area contributed by atoms with Crippen LogP contribution in [-0.2, 0) is 18.7 Å². The summed E-state index contributed by atoms with van der Waals surface area (Å²) in [5.41, 5.74) is -2.70. The molecule has 0 radical (unpaired) electrons. The summed E-state index contributed by atoms with van der Waals surface area (Å²) in [5, 5.41) is 26.0. The fourth-order valence-corrected chi connectivity index (χ4v) is 0.785. The quantitative estimate of drug-likeness (QED) is 0.455. The maximum absolute atomic E-state index is 10.5. The fraction of sp³-hybridized carbons (Fsp3) is 0.500. The minimum absolute atomic E-state index is 0. The van der Waals surface area contributed by atoms with Crippen LogP contribution in [0.25, 0.3) is 0 Å². The van der Waals surface area contributed by atoms with Crippen molar-refractivity contribution in [1.29, 1.82) is 0 Å². The van der Waals surface area contributed by atoms with Crippen molar-refractivity contribution in [2.24, 2.45) is 0 Å². The molecule has 0 spiro atoms. The Kier molecular flexibility index (Phi) is 29.0. The first-order valence-electron chi connectivity index (χ1n) is 3.31. The van der Waals surface area contributed by atoms with Crippen LogP contribution in [0.1, 0.15) is 12.8 Å². The van der Waals surface area contributed by atoms with Gasteiger partial charge in [-0.15, -0.1) is 0 Å². The molecule has 12 heteroatoms. The van der Waals surface area contributed by atoms with Crippen molar-refractivity contribution in [1.82, 2.24) is 0 Å². The number of rotatable bonds is 5. The Morgan fingerprint density at radius 2 is 1.39 bits per heavy atom. The molecule has 18 heavy (non-hydrogen) atoms. The fourth-order valence-electron chi connectivity index (χ4n) is 0.730. The van der Waals surface area contributed by atoms with Crippen molar-refractivity contribution in [3.63, 3.8) is 0 Å². The molecule has 88 valence electrons. The van der Waals surface area contributed by atoms with Crippen molar-refractivity contribution in [3.05, 3.63) is 0 Å². The average molecular weight is 323 g/mol. The molecule has 1 atom stereocenters. The normalized spacial score (nSPS) is 11.0. The second kappa shape index (κ2) is 16.0. The van der Waals surface area contributed by atoms with Gasteiger partial charge in [0.1, 0.15) is 11.9 Å². The van der Waals surface area contributed by atoms with Crippen molar-refractivity contribution >= 4 is 148 Å². The van der Waals surface area contributed by atoms with Crippen LogP contribution in [-0.4, -0.2) is 157 Å². The number of carbonyl (C=O) groups is 3. The van der Waals surface area contributed by atoms with Gasteiger partial charge in [-0.05, 0) is 0 Å². The van der Waals surface area contributed by atoms with Crippen LogP contribution in [0, 0.1) is 0 Å². The van der Waals surface area contributed by atoms with Crippen molar-refractivity contribution in [3.8, 4) is 0 Å². The Bertz CT molecular complexity index is 277. The van der Waals surface area contributed by atoms with Gasteiger partial charge in [-0.25, -0.2) is 4.79 Å². The Labute approximate surface area is 197 Å². The molecular formula is C6H11ClNa4O7. The zero-order chi connectivity index (χ0) is 11.4. The second-order valence-electron chi connectivity index (χ2n) is 2.53. The van der Waals surface area contributed by atoms with Gasteiger partial charge in [0.25, 0.3) is 0 Å². The van der Waals surface area contributed by atoms with Crippen molar-refractivity contribution in [2.75, 3.05) is 0 Å². The summed E-state index contributed by atoms with van der Waals surface area (Å²) in [6.45, 7) is 0. The Morgan fingerprint density at radius 1 is 1.00 bits per heavy atom. The molecule has 0 aromatic carbocycles. The molecule has 0 bridgehead atoms. The predicted molar refractivity (Wildman–Crippen MR) is 70.0 cm³/mol. The second-order valence-corrected chi connectivity index (χ2v) is 2.69. The number of aliphatic carboxylic acids is 2. The van der Waals surface area contributed by atoms with Gasteiger partial charge in [0.15, 0.2) is 5.60 Å². The van der Waals surface area contributed by atoms with Gasteiger partial charge in [0.05, 0.1) is 12.8 Å². The van der Waals surface area contributed by atoms with Crippen LogP contribution >= 0.6 is 11.9 Å². The first kappa shape index (κ1) is 32.6. The zero-order valence-electron chi connectivity index (χ0n) is 6.77. The Morgan fingerprint density at radius 3 is 1.61 bits per heavy atom. The zero-order valence-corrected chi connectivity index (χ0v) is 7.52. The van der Waals surface area contributed by atoms with E-state index >= 15 is 0 Å². The standard InChI is InChI=1S/C6H7ClO7.4Na.4H/c7-14-4(10)2-6(13,5(11)12)1-3(8)9;;;;;;;;/h13H,1-2H2,(H,8,9)(H,11,12);;;;;;;;. The molecule has 0 fully saturated rings. The third-order valence-corrected chi connectivity index (χ3v) is 1.54. The van der Waals surface area contributed by atoms with Crippen LogP contribution < -0.4 is 0 Å². The molecule has 0 heterocycles. The van der Waals surface area contributed by atoms with E-state index in [1.54, 1.807) is 0 Å². The van der Waals surface area contributed by atoms with Crippen LogP contribution in [0.2, 0.25) is 0 Å². The summed E-state index contributed by atoms with van der Waals surface area (Å²) < 4.78 is 3.59. The number of carbonyl (C=O) groups excluding carboxylic acids is 1. The Hall–Kier alpha value is 2.66. The molecule has 0 saturated carbocycles. The number of halogens is 1. The van der Waals surface area contributed by atoms with Gasteiger partial charge in [-0.2, -0.15) is 0 Å². The van der Waals surface area contributed by atoms with E-state index in [0.717, 1.165) is 0 Å². The maximum atomic E-state index is 10.5. The van der Waals surface area contributed by atoms with E-state index < -0.39 is 36.4 Å². The van der Waals surface area contributed by atoms with E-state index in [1.807, 2.05) is 0 Å². The molecule has 0 aromatic rings. The number of carboxylic acids is 2. The van der Waals surface area contributed by atoms with Gasteiger partial charge in [-0.1, -0.05) is 0 Å². The van der Waals surface area contributed by atoms with E-state index in [0.29, 0.717) is 0 Å². The van der Waals surface area contributed by atoms with Gasteiger partial charge >= 0.3 is 136 Å². The first-order chi connectivity index (χ1) is 6.31. The van der Waals surface area contributed by atoms with Crippen molar-refractivity contribution in [2.45, 2.75) is 18.4 Å². The molecule has 0 aliphatic carbocycles. The molecular weight excluding hydrogens is 311 g/mol. The van der Waals surface area contributed by atoms with Gasteiger partial charge in [0.2, 0.25) is 0 Å². The summed E-state index contributed by atoms with van der Waals surface area (Å²) in [4.78, 5) is 31.2. The SMILES string of the molecule is O=C(O)CC(O)(CC(=O)OCl)C(=O)O.[NaH].[NaH].[NaH].[NaH]. The van der Waals surface area contributed by atoms with Gasteiger partial charge < -0.3 is 19.6 Å². The number of aliphatic hydroxyl groups is 1. The van der Waals surface area contributed by atoms with Crippen LogP contribution in [0.4, 0.5) is 0 Å². The third-order valence-electron chi connectivity index (χ3n) is 1.36. The van der Waals surface area contributed by atoms with Crippen LogP contribution in [0.5, 0.6) is 0 Å². The molecule has 0 aliphatic rings. The predicted octanol–water partition coefficient (Wildman–Crippen LogP) is -3.23. The molecule has 3 N–H and O–H groups in total. The van der Waals surface area contributed by atoms with Gasteiger partial charge in [0, 0.05) is 0 Å². The molecule has 1 unspecified atom stereocenters. The van der Waals surface area contributed by atoms with E-state index in [-0.39, 0.29) is 118 Å². The van der Waals surface area contributed by atoms with E-state index in [1.165, 1.54) is 0 Å². The third kappa shape index (κ3) is 13.6. The molecule has 7 nitrogen and oxygen atoms in total. The number of hydrogen-bond acceptors (Lipinski definition) is 5. The van der Waals surface area contributed by atoms with E-state index in [4.69, 9.17) is 10.2 Å². The van der Waals surface area contributed by atoms with Gasteiger partial charge in [-0.3, -0.25) is 9.59 Å².